The summed E-state index contributed by atoms with van der Waals surface area (Å²) < 4.78 is 1.09. The average Bonchev–Trinajstić information content (AvgIpc) is 2.86. The van der Waals surface area contributed by atoms with Crippen molar-refractivity contribution in [1.82, 2.24) is 0 Å². The molecule has 4 heteroatoms. The second kappa shape index (κ2) is 11.9. The largest absolute Gasteiger partial charge is 0.396 e. The average molecular weight is 507 g/mol. The highest BCUT2D eigenvalue weighted by Crippen LogP contribution is 2.45. The summed E-state index contributed by atoms with van der Waals surface area (Å²) >= 11 is 3.55. The molecule has 3 N–H and O–H groups in total. The van der Waals surface area contributed by atoms with Crippen LogP contribution in [-0.4, -0.2) is 12.6 Å². The highest BCUT2D eigenvalue weighted by Gasteiger charge is 2.27. The molecule has 0 spiro atoms. The molecule has 1 aliphatic heterocycles. The molecule has 0 radical (unpaired) electrons. The highest BCUT2D eigenvalue weighted by molar-refractivity contribution is 9.10. The SMILES string of the molecule is C/C=C\C=C/C(C)N(Cc1ccc(Br)cc1)c1c(N)c2c(c3c1C=CCC3)NCC=C2.CC. The van der Waals surface area contributed by atoms with Crippen LogP contribution in [0.15, 0.2) is 65.2 Å². The second-order valence-electron chi connectivity index (χ2n) is 8.07. The number of nitrogens with two attached hydrogens (primary N) is 1. The van der Waals surface area contributed by atoms with Crippen LogP contribution in [0.3, 0.4) is 0 Å². The molecule has 1 heterocycles. The van der Waals surface area contributed by atoms with Crippen molar-refractivity contribution in [2.75, 3.05) is 22.5 Å². The standard InChI is InChI=1S/C27H30BrN3.C2H6/c1-3-4-5-9-19(2)31(18-20-13-15-21(28)16-14-20)27-23-11-7-6-10-22(23)26-24(25(27)29)12-8-17-30-26;1-2/h3-5,7-9,11-16,19,30H,6,10,17-18,29H2,1-2H3;1-2H3/b4-3-,9-5-;. The maximum Gasteiger partial charge on any atom is 0.0691 e. The molecule has 0 bridgehead atoms. The van der Waals surface area contributed by atoms with E-state index >= 15 is 0 Å². The fourth-order valence-corrected chi connectivity index (χ4v) is 4.66. The molecular formula is C29H36BrN3. The quantitative estimate of drug-likeness (QED) is 0.237. The van der Waals surface area contributed by atoms with Crippen LogP contribution in [0.25, 0.3) is 12.2 Å². The number of nitrogens with one attached hydrogen (secondary N) is 1. The Hall–Kier alpha value is -2.72. The van der Waals surface area contributed by atoms with Crippen LogP contribution >= 0.6 is 15.9 Å². The molecule has 1 atom stereocenters. The molecule has 0 fully saturated rings. The Morgan fingerprint density at radius 2 is 1.82 bits per heavy atom. The fourth-order valence-electron chi connectivity index (χ4n) is 4.39. The lowest BCUT2D eigenvalue weighted by Gasteiger charge is -2.36. The van der Waals surface area contributed by atoms with Gasteiger partial charge in [0.1, 0.15) is 0 Å². The van der Waals surface area contributed by atoms with Crippen LogP contribution in [0.5, 0.6) is 0 Å². The fraction of sp³-hybridized carbons (Fsp3) is 0.310. The van der Waals surface area contributed by atoms with Gasteiger partial charge >= 0.3 is 0 Å². The minimum Gasteiger partial charge on any atom is -0.396 e. The Bertz CT molecular complexity index is 1060. The number of allylic oxidation sites excluding steroid dienone is 4. The number of nitrogens with zero attached hydrogens (tertiary/aromatic N) is 1. The van der Waals surface area contributed by atoms with Gasteiger partial charge in [0.15, 0.2) is 0 Å². The van der Waals surface area contributed by atoms with Gasteiger partial charge in [-0.05, 0) is 49.9 Å². The molecule has 0 saturated carbocycles. The van der Waals surface area contributed by atoms with Crippen molar-refractivity contribution >= 4 is 45.1 Å². The highest BCUT2D eigenvalue weighted by atomic mass is 79.9. The van der Waals surface area contributed by atoms with Gasteiger partial charge in [-0.2, -0.15) is 0 Å². The molecule has 0 aromatic heterocycles. The van der Waals surface area contributed by atoms with Gasteiger partial charge in [0, 0.05) is 40.4 Å². The van der Waals surface area contributed by atoms with E-state index in [4.69, 9.17) is 5.73 Å². The molecule has 2 aromatic carbocycles. The van der Waals surface area contributed by atoms with E-state index < -0.39 is 0 Å². The van der Waals surface area contributed by atoms with Gasteiger partial charge in [0.2, 0.25) is 0 Å². The maximum absolute atomic E-state index is 6.89. The molecular weight excluding hydrogens is 470 g/mol. The van der Waals surface area contributed by atoms with E-state index in [2.05, 4.69) is 106 Å². The zero-order valence-corrected chi connectivity index (χ0v) is 21.8. The predicted molar refractivity (Wildman–Crippen MR) is 151 cm³/mol. The molecule has 2 aliphatic rings. The number of halogens is 1. The Morgan fingerprint density at radius 3 is 2.55 bits per heavy atom. The van der Waals surface area contributed by atoms with Gasteiger partial charge in [-0.25, -0.2) is 0 Å². The van der Waals surface area contributed by atoms with Gasteiger partial charge in [-0.1, -0.05) is 90.5 Å². The first-order valence-electron chi connectivity index (χ1n) is 12.0. The summed E-state index contributed by atoms with van der Waals surface area (Å²) in [5, 5.41) is 3.58. The number of nitrogen functional groups attached to an aromatic ring is 1. The summed E-state index contributed by atoms with van der Waals surface area (Å²) in [6.07, 6.45) is 19.5. The summed E-state index contributed by atoms with van der Waals surface area (Å²) in [7, 11) is 0. The first-order chi connectivity index (χ1) is 16.1. The van der Waals surface area contributed by atoms with Crippen LogP contribution in [0.1, 0.15) is 56.4 Å². The maximum atomic E-state index is 6.89. The number of hydrogen-bond acceptors (Lipinski definition) is 3. The monoisotopic (exact) mass is 505 g/mol. The number of fused-ring (bicyclic) bond motifs is 3. The van der Waals surface area contributed by atoms with Crippen molar-refractivity contribution in [2.24, 2.45) is 0 Å². The van der Waals surface area contributed by atoms with Crippen molar-refractivity contribution in [3.05, 3.63) is 87.4 Å². The Kier molecular flexibility index (Phi) is 9.02. The molecule has 174 valence electrons. The van der Waals surface area contributed by atoms with Crippen molar-refractivity contribution in [3.8, 4) is 0 Å². The minimum atomic E-state index is 0.181. The Morgan fingerprint density at radius 1 is 1.09 bits per heavy atom. The van der Waals surface area contributed by atoms with E-state index in [9.17, 15) is 0 Å². The smallest absolute Gasteiger partial charge is 0.0691 e. The second-order valence-corrected chi connectivity index (χ2v) is 8.99. The van der Waals surface area contributed by atoms with Crippen LogP contribution in [-0.2, 0) is 13.0 Å². The van der Waals surface area contributed by atoms with Crippen LogP contribution in [0, 0.1) is 0 Å². The van der Waals surface area contributed by atoms with E-state index in [0.29, 0.717) is 0 Å². The number of hydrogen-bond donors (Lipinski definition) is 2. The van der Waals surface area contributed by atoms with Crippen molar-refractivity contribution in [2.45, 2.75) is 53.1 Å². The molecule has 2 aromatic rings. The van der Waals surface area contributed by atoms with E-state index in [-0.39, 0.29) is 6.04 Å². The van der Waals surface area contributed by atoms with Gasteiger partial charge in [-0.3, -0.25) is 0 Å². The molecule has 1 aliphatic carbocycles. The van der Waals surface area contributed by atoms with Gasteiger partial charge in [-0.15, -0.1) is 0 Å². The van der Waals surface area contributed by atoms with Crippen LogP contribution in [0.2, 0.25) is 0 Å². The molecule has 3 nitrogen and oxygen atoms in total. The first kappa shape index (κ1) is 24.9. The first-order valence-corrected chi connectivity index (χ1v) is 12.7. The summed E-state index contributed by atoms with van der Waals surface area (Å²) in [6, 6.07) is 8.74. The molecule has 4 rings (SSSR count). The lowest BCUT2D eigenvalue weighted by molar-refractivity contribution is 0.731. The zero-order chi connectivity index (χ0) is 23.8. The zero-order valence-electron chi connectivity index (χ0n) is 20.2. The van der Waals surface area contributed by atoms with Crippen molar-refractivity contribution in [1.29, 1.82) is 0 Å². The van der Waals surface area contributed by atoms with Gasteiger partial charge < -0.3 is 16.0 Å². The van der Waals surface area contributed by atoms with E-state index in [1.807, 2.05) is 20.8 Å². The Balaban J connectivity index is 0.00000149. The third kappa shape index (κ3) is 5.62. The lowest BCUT2D eigenvalue weighted by atomic mass is 9.88. The van der Waals surface area contributed by atoms with E-state index in [1.165, 1.54) is 22.4 Å². The number of anilines is 3. The third-order valence-electron chi connectivity index (χ3n) is 5.96. The normalized spacial score (nSPS) is 14.9. The van der Waals surface area contributed by atoms with Crippen molar-refractivity contribution in [3.63, 3.8) is 0 Å². The van der Waals surface area contributed by atoms with Gasteiger partial charge in [0.25, 0.3) is 0 Å². The summed E-state index contributed by atoms with van der Waals surface area (Å²) in [5.74, 6) is 0. The molecule has 0 amide bonds. The Labute approximate surface area is 207 Å². The van der Waals surface area contributed by atoms with Crippen LogP contribution in [0.4, 0.5) is 17.1 Å². The summed E-state index contributed by atoms with van der Waals surface area (Å²) in [5.41, 5.74) is 15.1. The van der Waals surface area contributed by atoms with Crippen LogP contribution < -0.4 is 16.0 Å². The molecule has 33 heavy (non-hydrogen) atoms. The number of benzene rings is 2. The predicted octanol–water partition coefficient (Wildman–Crippen LogP) is 7.98. The lowest BCUT2D eigenvalue weighted by Crippen LogP contribution is -2.33. The topological polar surface area (TPSA) is 41.3 Å². The molecule has 1 unspecified atom stereocenters. The van der Waals surface area contributed by atoms with E-state index in [0.717, 1.165) is 47.3 Å². The third-order valence-corrected chi connectivity index (χ3v) is 6.49. The number of rotatable bonds is 6. The van der Waals surface area contributed by atoms with Crippen molar-refractivity contribution < 1.29 is 0 Å². The summed E-state index contributed by atoms with van der Waals surface area (Å²) in [6.45, 7) is 9.92. The summed E-state index contributed by atoms with van der Waals surface area (Å²) in [4.78, 5) is 2.44. The molecule has 0 saturated heterocycles. The van der Waals surface area contributed by atoms with Gasteiger partial charge in [0.05, 0.1) is 11.4 Å². The minimum absolute atomic E-state index is 0.181. The van der Waals surface area contributed by atoms with E-state index in [1.54, 1.807) is 0 Å².